The maximum atomic E-state index is 13.3. The van der Waals surface area contributed by atoms with E-state index in [1.807, 2.05) is 60.7 Å². The molecule has 3 aromatic carbocycles. The van der Waals surface area contributed by atoms with Gasteiger partial charge in [-0.3, -0.25) is 14.4 Å². The molecule has 0 aromatic heterocycles. The average Bonchev–Trinajstić information content (AvgIpc) is 3.46. The molecule has 0 aliphatic carbocycles. The van der Waals surface area contributed by atoms with Crippen LogP contribution in [0, 0.1) is 0 Å². The van der Waals surface area contributed by atoms with Crippen LogP contribution in [0.1, 0.15) is 55.1 Å². The summed E-state index contributed by atoms with van der Waals surface area (Å²) in [6, 6.07) is 22.7. The molecule has 1 heterocycles. The van der Waals surface area contributed by atoms with Crippen LogP contribution in [0.3, 0.4) is 0 Å². The number of carboxylic acids is 1. The molecule has 0 saturated carbocycles. The molecule has 2 atom stereocenters. The van der Waals surface area contributed by atoms with Crippen LogP contribution in [0.2, 0.25) is 5.02 Å². The number of hydrogen-bond acceptors (Lipinski definition) is 9. The fourth-order valence-corrected chi connectivity index (χ4v) is 5.30. The van der Waals surface area contributed by atoms with E-state index < -0.39 is 53.4 Å². The Labute approximate surface area is 287 Å². The van der Waals surface area contributed by atoms with Gasteiger partial charge in [0, 0.05) is 19.8 Å². The lowest BCUT2D eigenvalue weighted by Crippen LogP contribution is -2.50. The summed E-state index contributed by atoms with van der Waals surface area (Å²) < 4.78 is 20.4. The van der Waals surface area contributed by atoms with Crippen molar-refractivity contribution in [1.82, 2.24) is 10.0 Å². The zero-order chi connectivity index (χ0) is 35.5. The minimum Gasteiger partial charge on any atom is -0.507 e. The third-order valence-electron chi connectivity index (χ3n) is 6.17. The van der Waals surface area contributed by atoms with Crippen molar-refractivity contribution < 1.29 is 43.2 Å². The first-order chi connectivity index (χ1) is 22.9. The van der Waals surface area contributed by atoms with Gasteiger partial charge in [0.1, 0.15) is 11.3 Å². The maximum absolute atomic E-state index is 13.3. The number of phenols is 1. The fourth-order valence-electron chi connectivity index (χ4n) is 4.13. The Morgan fingerprint density at radius 1 is 0.979 bits per heavy atom. The number of esters is 1. The summed E-state index contributed by atoms with van der Waals surface area (Å²) in [6.45, 7) is 4.40. The summed E-state index contributed by atoms with van der Waals surface area (Å²) in [6.07, 6.45) is 1.53. The van der Waals surface area contributed by atoms with Crippen LogP contribution in [-0.2, 0) is 47.1 Å². The van der Waals surface area contributed by atoms with E-state index in [1.54, 1.807) is 0 Å². The summed E-state index contributed by atoms with van der Waals surface area (Å²) in [7, 11) is -1.37. The van der Waals surface area contributed by atoms with Crippen molar-refractivity contribution in [2.75, 3.05) is 19.7 Å². The van der Waals surface area contributed by atoms with Gasteiger partial charge in [0.15, 0.2) is 12.4 Å². The fraction of sp³-hybridized carbons (Fsp3) is 0.324. The van der Waals surface area contributed by atoms with Crippen molar-refractivity contribution in [3.8, 4) is 5.75 Å². The molecule has 1 aliphatic heterocycles. The predicted octanol–water partition coefficient (Wildman–Crippen LogP) is 4.61. The number of nitrogens with one attached hydrogen (secondary N) is 2. The highest BCUT2D eigenvalue weighted by molar-refractivity contribution is 7.82. The van der Waals surface area contributed by atoms with Crippen molar-refractivity contribution >= 4 is 51.9 Å². The molecule has 1 amide bonds. The number of hydrogen-bond donors (Lipinski definition) is 4. The number of amides is 1. The molecule has 4 N–H and O–H groups in total. The molecule has 1 aliphatic rings. The van der Waals surface area contributed by atoms with E-state index in [1.165, 1.54) is 24.6 Å². The third kappa shape index (κ3) is 13.6. The first-order valence-corrected chi connectivity index (χ1v) is 16.7. The molecular formula is C34H40ClN3O9S. The molecule has 12 nitrogen and oxygen atoms in total. The number of carbonyl (C=O) groups excluding carboxylic acids is 3. The number of carboxylic acid groups (broad SMARTS) is 1. The smallest absolute Gasteiger partial charge is 0.343 e. The van der Waals surface area contributed by atoms with Gasteiger partial charge in [0.05, 0.1) is 40.6 Å². The number of Topliss-reactive ketones (excluding diaryl/α,β-unsaturated/α-hetero) is 1. The number of ketones is 1. The van der Waals surface area contributed by atoms with E-state index >= 15 is 0 Å². The molecule has 0 saturated heterocycles. The molecule has 2 unspecified atom stereocenters. The van der Waals surface area contributed by atoms with Crippen LogP contribution in [0.5, 0.6) is 5.75 Å². The monoisotopic (exact) mass is 701 g/mol. The molecular weight excluding hydrogens is 662 g/mol. The zero-order valence-corrected chi connectivity index (χ0v) is 28.5. The quantitative estimate of drug-likeness (QED) is 0.185. The molecule has 0 radical (unpaired) electrons. The lowest BCUT2D eigenvalue weighted by Gasteiger charge is -2.25. The number of carbonyl (C=O) groups is 4. The van der Waals surface area contributed by atoms with Gasteiger partial charge in [-0.05, 0) is 23.3 Å². The summed E-state index contributed by atoms with van der Waals surface area (Å²) in [5, 5.41) is 23.9. The highest BCUT2D eigenvalue weighted by Crippen LogP contribution is 2.29. The maximum Gasteiger partial charge on any atom is 0.343 e. The van der Waals surface area contributed by atoms with Crippen LogP contribution in [-0.4, -0.2) is 69.1 Å². The second-order valence-electron chi connectivity index (χ2n) is 10.5. The van der Waals surface area contributed by atoms with Gasteiger partial charge in [0.25, 0.3) is 11.9 Å². The predicted molar refractivity (Wildman–Crippen MR) is 183 cm³/mol. The Morgan fingerprint density at radius 2 is 1.56 bits per heavy atom. The minimum atomic E-state index is -1.43. The Balaban J connectivity index is 0.00000105. The van der Waals surface area contributed by atoms with Gasteiger partial charge in [-0.25, -0.2) is 13.7 Å². The van der Waals surface area contributed by atoms with E-state index in [2.05, 4.69) is 29.0 Å². The average molecular weight is 702 g/mol. The van der Waals surface area contributed by atoms with Crippen molar-refractivity contribution in [2.24, 2.45) is 5.16 Å². The lowest BCUT2D eigenvalue weighted by molar-refractivity contribution is -0.144. The molecule has 3 aromatic rings. The Hall–Kier alpha value is -4.59. The Bertz CT molecular complexity index is 1550. The normalized spacial score (nSPS) is 15.2. The number of aromatic hydroxyl groups is 1. The van der Waals surface area contributed by atoms with Crippen LogP contribution in [0.4, 0.5) is 0 Å². The lowest BCUT2D eigenvalue weighted by atomic mass is 9.88. The summed E-state index contributed by atoms with van der Waals surface area (Å²) in [5.74, 6) is -3.03. The van der Waals surface area contributed by atoms with Crippen LogP contribution in [0.25, 0.3) is 0 Å². The molecule has 14 heteroatoms. The highest BCUT2D eigenvalue weighted by Gasteiger charge is 2.46. The number of benzene rings is 3. The summed E-state index contributed by atoms with van der Waals surface area (Å²) in [4.78, 5) is 52.7. The number of aliphatic carboxylic acids is 1. The van der Waals surface area contributed by atoms with Crippen molar-refractivity contribution in [3.05, 3.63) is 101 Å². The SMILES string of the molecule is CC(=O)O.CCC.O=C(CNC(=O)C1(Cc2ccccc2)CC(CNS(=O)Cc2ccccc2)=NO1)COC(=O)c1c(O)cccc1Cl. The second-order valence-corrected chi connectivity index (χ2v) is 12.2. The van der Waals surface area contributed by atoms with E-state index in [0.717, 1.165) is 18.1 Å². The third-order valence-corrected chi connectivity index (χ3v) is 7.55. The number of rotatable bonds is 13. The van der Waals surface area contributed by atoms with Crippen LogP contribution in [0.15, 0.2) is 84.0 Å². The van der Waals surface area contributed by atoms with E-state index in [0.29, 0.717) is 11.5 Å². The Morgan fingerprint density at radius 3 is 2.15 bits per heavy atom. The summed E-state index contributed by atoms with van der Waals surface area (Å²) >= 11 is 5.94. The largest absolute Gasteiger partial charge is 0.507 e. The number of nitrogens with zero attached hydrogens (tertiary/aromatic N) is 1. The number of oxime groups is 1. The van der Waals surface area contributed by atoms with Crippen molar-refractivity contribution in [1.29, 1.82) is 0 Å². The standard InChI is InChI=1S/C29H28ClN3O7S.C3H8.C2H4O2/c30-24-12-7-13-25(35)26(24)27(36)39-18-23(34)17-31-28(37)29(14-20-8-3-1-4-9-20)15-22(33-40-29)16-32-41(38)19-21-10-5-2-6-11-21;1-3-2;1-2(3)4/h1-13,32,35H,14-19H2,(H,31,37);3H2,1-2H3;1H3,(H,3,4). The van der Waals surface area contributed by atoms with E-state index in [9.17, 15) is 23.7 Å². The molecule has 0 spiro atoms. The minimum absolute atomic E-state index is 0.0221. The Kier molecular flexibility index (Phi) is 17.0. The molecule has 4 rings (SSSR count). The van der Waals surface area contributed by atoms with E-state index in [-0.39, 0.29) is 35.7 Å². The van der Waals surface area contributed by atoms with Gasteiger partial charge < -0.3 is 25.1 Å². The molecule has 48 heavy (non-hydrogen) atoms. The van der Waals surface area contributed by atoms with Gasteiger partial charge in [0.2, 0.25) is 5.60 Å². The van der Waals surface area contributed by atoms with Gasteiger partial charge in [-0.1, -0.05) is 104 Å². The van der Waals surface area contributed by atoms with Crippen molar-refractivity contribution in [2.45, 2.75) is 51.4 Å². The second kappa shape index (κ2) is 20.6. The van der Waals surface area contributed by atoms with Crippen molar-refractivity contribution in [3.63, 3.8) is 0 Å². The first kappa shape index (κ1) is 39.6. The topological polar surface area (TPSA) is 181 Å². The molecule has 0 bridgehead atoms. The van der Waals surface area contributed by atoms with Gasteiger partial charge in [-0.15, -0.1) is 0 Å². The first-order valence-electron chi connectivity index (χ1n) is 15.0. The molecule has 258 valence electrons. The molecule has 0 fully saturated rings. The van der Waals surface area contributed by atoms with Gasteiger partial charge in [-0.2, -0.15) is 0 Å². The number of halogens is 1. The number of phenolic OH excluding ortho intramolecular Hbond substituents is 1. The van der Waals surface area contributed by atoms with Crippen LogP contribution < -0.4 is 10.0 Å². The highest BCUT2D eigenvalue weighted by atomic mass is 35.5. The zero-order valence-electron chi connectivity index (χ0n) is 26.9. The summed E-state index contributed by atoms with van der Waals surface area (Å²) in [5.41, 5.74) is 0.548. The van der Waals surface area contributed by atoms with Gasteiger partial charge >= 0.3 is 5.97 Å². The van der Waals surface area contributed by atoms with E-state index in [4.69, 9.17) is 31.1 Å². The number of ether oxygens (including phenoxy) is 1. The van der Waals surface area contributed by atoms with Crippen LogP contribution >= 0.6 is 11.6 Å².